The van der Waals surface area contributed by atoms with Crippen LogP contribution >= 0.6 is 24.0 Å². The monoisotopic (exact) mass is 176 g/mol. The molecule has 0 bridgehead atoms. The highest BCUT2D eigenvalue weighted by Gasteiger charge is 2.12. The largest absolute Gasteiger partial charge is 0.376 e. The topological polar surface area (TPSA) is 38.0 Å². The van der Waals surface area contributed by atoms with Crippen LogP contribution in [0.1, 0.15) is 12.8 Å². The van der Waals surface area contributed by atoms with Crippen molar-refractivity contribution in [3.8, 4) is 0 Å². The highest BCUT2D eigenvalue weighted by Crippen LogP contribution is 2.16. The molecule has 0 saturated carbocycles. The second-order valence-electron chi connectivity index (χ2n) is 2.40. The van der Waals surface area contributed by atoms with Crippen molar-refractivity contribution >= 4 is 29.1 Å². The van der Waals surface area contributed by atoms with Gasteiger partial charge in [-0.3, -0.25) is 0 Å². The fraction of sp³-hybridized carbons (Fsp3) is 0.833. The van der Waals surface area contributed by atoms with Crippen LogP contribution in [0.2, 0.25) is 0 Å². The van der Waals surface area contributed by atoms with Crippen LogP contribution in [0.3, 0.4) is 0 Å². The number of hydrogen-bond acceptors (Lipinski definition) is 2. The van der Waals surface area contributed by atoms with E-state index >= 15 is 0 Å². The maximum atomic E-state index is 5.34. The van der Waals surface area contributed by atoms with Crippen molar-refractivity contribution in [2.24, 2.45) is 5.73 Å². The maximum Gasteiger partial charge on any atom is 0.163 e. The molecule has 0 unspecified atom stereocenters. The molecule has 1 heterocycles. The van der Waals surface area contributed by atoms with Crippen molar-refractivity contribution in [1.82, 2.24) is 5.32 Å². The average Bonchev–Trinajstić information content (AvgIpc) is 1.88. The molecule has 0 aromatic carbocycles. The fourth-order valence-electron chi connectivity index (χ4n) is 1.04. The van der Waals surface area contributed by atoms with Crippen LogP contribution in [0, 0.1) is 0 Å². The summed E-state index contributed by atoms with van der Waals surface area (Å²) in [4.78, 5) is 0. The minimum absolute atomic E-state index is 0.442. The van der Waals surface area contributed by atoms with Crippen LogP contribution in [0.5, 0.6) is 0 Å². The predicted octanol–water partition coefficient (Wildman–Crippen LogP) is 0.715. The van der Waals surface area contributed by atoms with E-state index in [0.29, 0.717) is 11.2 Å². The van der Waals surface area contributed by atoms with Crippen molar-refractivity contribution in [1.29, 1.82) is 0 Å². The molecule has 0 aliphatic carbocycles. The van der Waals surface area contributed by atoms with Gasteiger partial charge in [-0.25, -0.2) is 0 Å². The first kappa shape index (κ1) is 8.14. The zero-order valence-corrected chi connectivity index (χ0v) is 7.43. The van der Waals surface area contributed by atoms with E-state index in [1.165, 1.54) is 24.3 Å². The lowest BCUT2D eigenvalue weighted by Crippen LogP contribution is -2.40. The highest BCUT2D eigenvalue weighted by molar-refractivity contribution is 7.99. The summed E-state index contributed by atoms with van der Waals surface area (Å²) >= 11 is 6.74. The Bertz CT molecular complexity index is 121. The first-order valence-electron chi connectivity index (χ1n) is 3.43. The van der Waals surface area contributed by atoms with Crippen LogP contribution in [0.25, 0.3) is 0 Å². The molecule has 2 nitrogen and oxygen atoms in total. The molecule has 1 saturated heterocycles. The van der Waals surface area contributed by atoms with Crippen LogP contribution in [0.15, 0.2) is 0 Å². The average molecular weight is 176 g/mol. The van der Waals surface area contributed by atoms with Gasteiger partial charge >= 0.3 is 0 Å². The molecule has 58 valence electrons. The van der Waals surface area contributed by atoms with E-state index in [1.54, 1.807) is 0 Å². The lowest BCUT2D eigenvalue weighted by molar-refractivity contribution is 0.568. The highest BCUT2D eigenvalue weighted by atomic mass is 32.2. The summed E-state index contributed by atoms with van der Waals surface area (Å²) in [6, 6.07) is 0.541. The van der Waals surface area contributed by atoms with E-state index in [4.69, 9.17) is 18.0 Å². The number of thiocarbonyl (C=S) groups is 1. The summed E-state index contributed by atoms with van der Waals surface area (Å²) in [6.45, 7) is 0. The van der Waals surface area contributed by atoms with E-state index in [0.717, 1.165) is 0 Å². The van der Waals surface area contributed by atoms with Gasteiger partial charge in [-0.1, -0.05) is 0 Å². The zero-order chi connectivity index (χ0) is 7.40. The molecule has 1 aliphatic rings. The van der Waals surface area contributed by atoms with Crippen molar-refractivity contribution < 1.29 is 0 Å². The van der Waals surface area contributed by atoms with Gasteiger partial charge in [-0.15, -0.1) is 0 Å². The third kappa shape index (κ3) is 2.75. The second-order valence-corrected chi connectivity index (χ2v) is 4.06. The Balaban J connectivity index is 2.19. The van der Waals surface area contributed by atoms with Gasteiger partial charge in [0.05, 0.1) is 0 Å². The quantitative estimate of drug-likeness (QED) is 0.577. The Hall–Kier alpha value is 0.0400. The molecule has 1 rings (SSSR count). The Morgan fingerprint density at radius 1 is 1.50 bits per heavy atom. The summed E-state index contributed by atoms with van der Waals surface area (Å²) in [7, 11) is 0. The minimum Gasteiger partial charge on any atom is -0.376 e. The van der Waals surface area contributed by atoms with Crippen molar-refractivity contribution in [3.63, 3.8) is 0 Å². The molecule has 0 aromatic heterocycles. The van der Waals surface area contributed by atoms with Gasteiger partial charge in [-0.2, -0.15) is 11.8 Å². The summed E-state index contributed by atoms with van der Waals surface area (Å²) in [5, 5.41) is 3.52. The van der Waals surface area contributed by atoms with Crippen LogP contribution in [-0.4, -0.2) is 22.7 Å². The Labute approximate surface area is 70.9 Å². The number of nitrogens with one attached hydrogen (secondary N) is 1. The molecule has 0 spiro atoms. The number of thioether (sulfide) groups is 1. The molecule has 1 fully saturated rings. The predicted molar refractivity (Wildman–Crippen MR) is 50.3 cm³/mol. The molecular formula is C6H12N2S2. The molecule has 1 aliphatic heterocycles. The first-order chi connectivity index (χ1) is 4.79. The molecule has 0 radical (unpaired) electrons. The van der Waals surface area contributed by atoms with E-state index in [1.807, 2.05) is 11.8 Å². The van der Waals surface area contributed by atoms with E-state index in [9.17, 15) is 0 Å². The van der Waals surface area contributed by atoms with Gasteiger partial charge in [0, 0.05) is 6.04 Å². The van der Waals surface area contributed by atoms with Crippen molar-refractivity contribution in [2.75, 3.05) is 11.5 Å². The molecule has 3 N–H and O–H groups in total. The van der Waals surface area contributed by atoms with Crippen LogP contribution in [0.4, 0.5) is 0 Å². The minimum atomic E-state index is 0.442. The molecular weight excluding hydrogens is 164 g/mol. The van der Waals surface area contributed by atoms with Gasteiger partial charge < -0.3 is 11.1 Å². The van der Waals surface area contributed by atoms with Gasteiger partial charge in [0.25, 0.3) is 0 Å². The fourth-order valence-corrected chi connectivity index (χ4v) is 2.32. The summed E-state index contributed by atoms with van der Waals surface area (Å²) in [6.07, 6.45) is 2.39. The van der Waals surface area contributed by atoms with Gasteiger partial charge in [0.2, 0.25) is 0 Å². The van der Waals surface area contributed by atoms with Crippen molar-refractivity contribution in [2.45, 2.75) is 18.9 Å². The van der Waals surface area contributed by atoms with Gasteiger partial charge in [-0.05, 0) is 36.6 Å². The van der Waals surface area contributed by atoms with Crippen LogP contribution in [-0.2, 0) is 0 Å². The normalized spacial score (nSPS) is 20.4. The summed E-state index contributed by atoms with van der Waals surface area (Å²) in [5.74, 6) is 2.47. The third-order valence-electron chi connectivity index (χ3n) is 1.57. The number of hydrogen-bond donors (Lipinski definition) is 2. The summed E-state index contributed by atoms with van der Waals surface area (Å²) in [5.41, 5.74) is 5.34. The lowest BCUT2D eigenvalue weighted by Gasteiger charge is -2.22. The SMILES string of the molecule is NC(=S)NC1CCSCC1. The Morgan fingerprint density at radius 3 is 2.60 bits per heavy atom. The molecule has 4 heteroatoms. The first-order valence-corrected chi connectivity index (χ1v) is 4.99. The third-order valence-corrected chi connectivity index (χ3v) is 2.73. The van der Waals surface area contributed by atoms with Crippen LogP contribution < -0.4 is 11.1 Å². The van der Waals surface area contributed by atoms with E-state index in [-0.39, 0.29) is 0 Å². The molecule has 0 aromatic rings. The lowest BCUT2D eigenvalue weighted by atomic mass is 10.2. The molecule has 10 heavy (non-hydrogen) atoms. The molecule has 0 atom stereocenters. The Kier molecular flexibility index (Phi) is 3.28. The zero-order valence-electron chi connectivity index (χ0n) is 5.80. The second kappa shape index (κ2) is 4.03. The van der Waals surface area contributed by atoms with Gasteiger partial charge in [0.15, 0.2) is 5.11 Å². The standard InChI is InChI=1S/C6H12N2S2/c7-6(9)8-5-1-3-10-4-2-5/h5H,1-4H2,(H3,7,8,9). The maximum absolute atomic E-state index is 5.34. The summed E-state index contributed by atoms with van der Waals surface area (Å²) < 4.78 is 0. The smallest absolute Gasteiger partial charge is 0.163 e. The number of rotatable bonds is 1. The van der Waals surface area contributed by atoms with E-state index in [2.05, 4.69) is 5.32 Å². The van der Waals surface area contributed by atoms with E-state index < -0.39 is 0 Å². The Morgan fingerprint density at radius 2 is 2.10 bits per heavy atom. The van der Waals surface area contributed by atoms with Crippen molar-refractivity contribution in [3.05, 3.63) is 0 Å². The van der Waals surface area contributed by atoms with Gasteiger partial charge in [0.1, 0.15) is 0 Å². The molecule has 0 amide bonds. The number of nitrogens with two attached hydrogens (primary N) is 1.